The molecule has 0 radical (unpaired) electrons. The summed E-state index contributed by atoms with van der Waals surface area (Å²) in [6.07, 6.45) is 2.21. The maximum absolute atomic E-state index is 13.9. The highest BCUT2D eigenvalue weighted by atomic mass is 32.2. The monoisotopic (exact) mass is 466 g/mol. The van der Waals surface area contributed by atoms with Crippen molar-refractivity contribution in [3.63, 3.8) is 0 Å². The van der Waals surface area contributed by atoms with Crippen molar-refractivity contribution in [2.24, 2.45) is 0 Å². The number of rotatable bonds is 9. The third kappa shape index (κ3) is 5.11. The number of nitrogens with one attached hydrogen (secondary N) is 1. The van der Waals surface area contributed by atoms with Gasteiger partial charge >= 0.3 is 0 Å². The van der Waals surface area contributed by atoms with E-state index in [1.54, 1.807) is 41.6 Å². The summed E-state index contributed by atoms with van der Waals surface area (Å²) < 4.78 is 21.4. The largest absolute Gasteiger partial charge is 0.489 e. The highest BCUT2D eigenvalue weighted by Gasteiger charge is 2.32. The van der Waals surface area contributed by atoms with Crippen LogP contribution in [0.25, 0.3) is 0 Å². The van der Waals surface area contributed by atoms with Gasteiger partial charge in [-0.25, -0.2) is 9.07 Å². The number of carbonyl (C=O) groups is 1. The topological polar surface area (TPSA) is 69.0 Å². The van der Waals surface area contributed by atoms with Crippen LogP contribution in [0, 0.1) is 5.82 Å². The number of halogens is 1. The molecule has 0 saturated heterocycles. The fourth-order valence-corrected chi connectivity index (χ4v) is 4.70. The summed E-state index contributed by atoms with van der Waals surface area (Å²) in [5.74, 6) is 1.88. The van der Waals surface area contributed by atoms with Crippen molar-refractivity contribution in [1.29, 1.82) is 0 Å². The molecule has 33 heavy (non-hydrogen) atoms. The van der Waals surface area contributed by atoms with E-state index in [0.717, 1.165) is 29.9 Å². The molecule has 8 heteroatoms. The van der Waals surface area contributed by atoms with E-state index in [4.69, 9.17) is 9.84 Å². The first kappa shape index (κ1) is 23.0. The molecule has 0 spiro atoms. The lowest BCUT2D eigenvalue weighted by atomic mass is 9.93. The van der Waals surface area contributed by atoms with E-state index in [9.17, 15) is 9.18 Å². The zero-order valence-electron chi connectivity index (χ0n) is 19.0. The number of thioether (sulfide) groups is 1. The minimum absolute atomic E-state index is 0.0220. The summed E-state index contributed by atoms with van der Waals surface area (Å²) in [4.78, 5) is 17.2. The highest BCUT2D eigenvalue weighted by Crippen LogP contribution is 2.37. The lowest BCUT2D eigenvalue weighted by Crippen LogP contribution is -2.27. The third-order valence-electron chi connectivity index (χ3n) is 5.49. The predicted molar refractivity (Wildman–Crippen MR) is 128 cm³/mol. The summed E-state index contributed by atoms with van der Waals surface area (Å²) in [5.41, 5.74) is 2.82. The number of benzene rings is 2. The van der Waals surface area contributed by atoms with Gasteiger partial charge in [0, 0.05) is 22.6 Å². The molecule has 172 valence electrons. The zero-order valence-corrected chi connectivity index (χ0v) is 19.8. The van der Waals surface area contributed by atoms with Crippen LogP contribution in [0.5, 0.6) is 5.75 Å². The first-order valence-electron chi connectivity index (χ1n) is 11.0. The molecule has 6 nitrogen and oxygen atoms in total. The van der Waals surface area contributed by atoms with Crippen molar-refractivity contribution in [2.75, 3.05) is 11.1 Å². The van der Waals surface area contributed by atoms with Crippen molar-refractivity contribution < 1.29 is 13.9 Å². The van der Waals surface area contributed by atoms with Gasteiger partial charge < -0.3 is 10.1 Å². The van der Waals surface area contributed by atoms with Gasteiger partial charge in [-0.15, -0.1) is 5.10 Å². The Balaban J connectivity index is 1.59. The number of aromatic nitrogens is 3. The highest BCUT2D eigenvalue weighted by molar-refractivity contribution is 7.99. The number of unbranched alkanes of at least 4 members (excludes halogenated alkanes) is 1. The van der Waals surface area contributed by atoms with E-state index in [1.165, 1.54) is 6.07 Å². The number of ketones is 1. The molecule has 3 aromatic rings. The molecule has 0 saturated carbocycles. The molecule has 1 aromatic heterocycles. The molecule has 4 rings (SSSR count). The summed E-state index contributed by atoms with van der Waals surface area (Å²) in [5, 5.41) is 8.63. The Morgan fingerprint density at radius 2 is 1.97 bits per heavy atom. The normalized spacial score (nSPS) is 15.2. The van der Waals surface area contributed by atoms with Gasteiger partial charge in [0.15, 0.2) is 5.78 Å². The van der Waals surface area contributed by atoms with E-state index in [0.29, 0.717) is 28.0 Å². The number of ether oxygens (including phenoxy) is 1. The van der Waals surface area contributed by atoms with Crippen LogP contribution in [-0.2, 0) is 11.4 Å². The molecule has 1 aliphatic rings. The number of hydrogen-bond acceptors (Lipinski definition) is 6. The second-order valence-corrected chi connectivity index (χ2v) is 9.00. The molecule has 2 aromatic carbocycles. The van der Waals surface area contributed by atoms with Gasteiger partial charge in [-0.1, -0.05) is 55.4 Å². The van der Waals surface area contributed by atoms with E-state index in [1.807, 2.05) is 31.2 Å². The first-order chi connectivity index (χ1) is 16.0. The Labute approximate surface area is 197 Å². The standard InChI is InChI=1S/C25H27FN4O2S/c1-4-5-14-33-25-28-24-27-16(2)22(17(3)31)23(30(24)29-25)18-10-12-20(13-11-18)32-15-19-8-6-7-9-21(19)26/h6-13,23H,4-5,14-15H2,1-3H3,(H,27,28,29). The molecule has 0 amide bonds. The van der Waals surface area contributed by atoms with Crippen molar-refractivity contribution in [3.8, 4) is 5.75 Å². The minimum atomic E-state index is -0.382. The molecular weight excluding hydrogens is 439 g/mol. The number of Topliss-reactive ketones (excluding diaryl/α,β-unsaturated/α-hetero) is 1. The van der Waals surface area contributed by atoms with Gasteiger partial charge in [-0.05, 0) is 44.0 Å². The third-order valence-corrected chi connectivity index (χ3v) is 6.41. The van der Waals surface area contributed by atoms with Crippen LogP contribution in [0.4, 0.5) is 10.3 Å². The molecule has 0 aliphatic carbocycles. The summed E-state index contributed by atoms with van der Waals surface area (Å²) >= 11 is 1.62. The Kier molecular flexibility index (Phi) is 7.13. The number of carbonyl (C=O) groups excluding carboxylic acids is 1. The van der Waals surface area contributed by atoms with Gasteiger partial charge in [0.25, 0.3) is 0 Å². The van der Waals surface area contributed by atoms with E-state index >= 15 is 0 Å². The van der Waals surface area contributed by atoms with E-state index < -0.39 is 0 Å². The Bertz CT molecular complexity index is 1170. The summed E-state index contributed by atoms with van der Waals surface area (Å²) in [6.45, 7) is 5.75. The number of nitrogens with zero attached hydrogens (tertiary/aromatic N) is 3. The van der Waals surface area contributed by atoms with Crippen molar-refractivity contribution in [1.82, 2.24) is 14.8 Å². The van der Waals surface area contributed by atoms with Gasteiger partial charge in [0.2, 0.25) is 11.1 Å². The van der Waals surface area contributed by atoms with Gasteiger partial charge in [-0.3, -0.25) is 4.79 Å². The molecule has 0 fully saturated rings. The quantitative estimate of drug-likeness (QED) is 0.319. The maximum Gasteiger partial charge on any atom is 0.227 e. The molecule has 1 atom stereocenters. The second-order valence-electron chi connectivity index (χ2n) is 7.94. The second kappa shape index (κ2) is 10.2. The molecule has 1 aliphatic heterocycles. The van der Waals surface area contributed by atoms with Crippen molar-refractivity contribution >= 4 is 23.5 Å². The average molecular weight is 467 g/mol. The number of fused-ring (bicyclic) bond motifs is 1. The lowest BCUT2D eigenvalue weighted by Gasteiger charge is -2.28. The Hall–Kier alpha value is -3.13. The fourth-order valence-electron chi connectivity index (χ4n) is 3.79. The van der Waals surface area contributed by atoms with E-state index in [-0.39, 0.29) is 24.2 Å². The van der Waals surface area contributed by atoms with Crippen LogP contribution in [0.15, 0.2) is 65.0 Å². The molecule has 1 N–H and O–H groups in total. The van der Waals surface area contributed by atoms with Crippen LogP contribution >= 0.6 is 11.8 Å². The zero-order chi connectivity index (χ0) is 23.4. The Morgan fingerprint density at radius 3 is 2.67 bits per heavy atom. The molecule has 0 bridgehead atoms. The SMILES string of the molecule is CCCCSc1nc2n(n1)C(c1ccc(OCc3ccccc3F)cc1)C(C(C)=O)=C(C)N2. The maximum atomic E-state index is 13.9. The van der Waals surface area contributed by atoms with E-state index in [2.05, 4.69) is 17.2 Å². The van der Waals surface area contributed by atoms with Crippen LogP contribution in [0.1, 0.15) is 50.8 Å². The molecular formula is C25H27FN4O2S. The van der Waals surface area contributed by atoms with Crippen LogP contribution in [-0.4, -0.2) is 26.3 Å². The average Bonchev–Trinajstić information content (AvgIpc) is 3.20. The van der Waals surface area contributed by atoms with Crippen molar-refractivity contribution in [3.05, 3.63) is 76.7 Å². The number of hydrogen-bond donors (Lipinski definition) is 1. The number of allylic oxidation sites excluding steroid dienone is 2. The van der Waals surface area contributed by atoms with Gasteiger partial charge in [0.05, 0.1) is 0 Å². The predicted octanol–water partition coefficient (Wildman–Crippen LogP) is 5.77. The molecule has 2 heterocycles. The lowest BCUT2D eigenvalue weighted by molar-refractivity contribution is -0.114. The Morgan fingerprint density at radius 1 is 1.21 bits per heavy atom. The van der Waals surface area contributed by atoms with Crippen LogP contribution in [0.3, 0.4) is 0 Å². The smallest absolute Gasteiger partial charge is 0.227 e. The first-order valence-corrected chi connectivity index (χ1v) is 12.0. The van der Waals surface area contributed by atoms with Crippen LogP contribution in [0.2, 0.25) is 0 Å². The van der Waals surface area contributed by atoms with Crippen molar-refractivity contribution in [2.45, 2.75) is 51.4 Å². The molecule has 1 unspecified atom stereocenters. The number of anilines is 1. The summed E-state index contributed by atoms with van der Waals surface area (Å²) in [6, 6.07) is 13.7. The van der Waals surface area contributed by atoms with Crippen LogP contribution < -0.4 is 10.1 Å². The van der Waals surface area contributed by atoms with Gasteiger partial charge in [-0.2, -0.15) is 4.98 Å². The minimum Gasteiger partial charge on any atom is -0.489 e. The fraction of sp³-hybridized carbons (Fsp3) is 0.320. The summed E-state index contributed by atoms with van der Waals surface area (Å²) in [7, 11) is 0. The van der Waals surface area contributed by atoms with Gasteiger partial charge in [0.1, 0.15) is 24.2 Å².